The quantitative estimate of drug-likeness (QED) is 0.243. The number of carbonyl (C=O) groups is 2. The molecule has 2 aliphatic heterocycles. The van der Waals surface area contributed by atoms with E-state index in [0.717, 1.165) is 11.3 Å². The van der Waals surface area contributed by atoms with E-state index in [-0.39, 0.29) is 24.0 Å². The van der Waals surface area contributed by atoms with Crippen molar-refractivity contribution in [1.29, 1.82) is 0 Å². The molecule has 0 bridgehead atoms. The van der Waals surface area contributed by atoms with Gasteiger partial charge in [-0.2, -0.15) is 0 Å². The van der Waals surface area contributed by atoms with Crippen molar-refractivity contribution in [2.24, 2.45) is 0 Å². The van der Waals surface area contributed by atoms with Gasteiger partial charge in [0.15, 0.2) is 11.5 Å². The van der Waals surface area contributed by atoms with Crippen LogP contribution >= 0.6 is 0 Å². The van der Waals surface area contributed by atoms with Crippen molar-refractivity contribution < 1.29 is 38.4 Å². The standard InChI is InChI=1S/C27H31NO8/c1-15-11-17-12-16(7-8-19(17)36-15)24(29)22-23(28(9-6-10-32-2)27(31)25(22)30)18-13-20(33-3)26(35-5)21(14-18)34-4/h7-8,12-15,23,29H,6,9-11H2,1-5H3/t15-,23-/m1/s1. The van der Waals surface area contributed by atoms with Crippen LogP contribution < -0.4 is 18.9 Å². The average Bonchev–Trinajstić information content (AvgIpc) is 3.38. The Kier molecular flexibility index (Phi) is 7.40. The minimum Gasteiger partial charge on any atom is -0.507 e. The zero-order chi connectivity index (χ0) is 26.0. The molecule has 36 heavy (non-hydrogen) atoms. The molecule has 4 rings (SSSR count). The molecular weight excluding hydrogens is 466 g/mol. The predicted octanol–water partition coefficient (Wildman–Crippen LogP) is 3.49. The second-order valence-corrected chi connectivity index (χ2v) is 8.75. The van der Waals surface area contributed by atoms with Gasteiger partial charge in [0.1, 0.15) is 17.6 Å². The van der Waals surface area contributed by atoms with Gasteiger partial charge in [-0.15, -0.1) is 0 Å². The number of carbonyl (C=O) groups excluding carboxylic acids is 2. The molecule has 2 aliphatic rings. The molecule has 192 valence electrons. The van der Waals surface area contributed by atoms with Crippen LogP contribution in [0.5, 0.6) is 23.0 Å². The Labute approximate surface area is 210 Å². The topological polar surface area (TPSA) is 104 Å². The van der Waals surface area contributed by atoms with Gasteiger partial charge in [0.2, 0.25) is 5.75 Å². The third kappa shape index (κ3) is 4.46. The van der Waals surface area contributed by atoms with Crippen LogP contribution in [0.4, 0.5) is 0 Å². The lowest BCUT2D eigenvalue weighted by Gasteiger charge is -2.26. The summed E-state index contributed by atoms with van der Waals surface area (Å²) in [5.41, 5.74) is 1.92. The van der Waals surface area contributed by atoms with Gasteiger partial charge in [-0.3, -0.25) is 9.59 Å². The van der Waals surface area contributed by atoms with Gasteiger partial charge in [-0.25, -0.2) is 0 Å². The highest BCUT2D eigenvalue weighted by Crippen LogP contribution is 2.46. The number of aliphatic hydroxyl groups is 1. The van der Waals surface area contributed by atoms with Crippen molar-refractivity contribution in [2.45, 2.75) is 31.9 Å². The lowest BCUT2D eigenvalue weighted by molar-refractivity contribution is -0.140. The summed E-state index contributed by atoms with van der Waals surface area (Å²) >= 11 is 0. The number of benzene rings is 2. The monoisotopic (exact) mass is 497 g/mol. The molecule has 2 heterocycles. The molecule has 0 saturated carbocycles. The van der Waals surface area contributed by atoms with Crippen molar-refractivity contribution in [1.82, 2.24) is 4.90 Å². The fourth-order valence-electron chi connectivity index (χ4n) is 4.82. The summed E-state index contributed by atoms with van der Waals surface area (Å²) in [5.74, 6) is 0.186. The van der Waals surface area contributed by atoms with Crippen molar-refractivity contribution in [3.63, 3.8) is 0 Å². The summed E-state index contributed by atoms with van der Waals surface area (Å²) in [6.07, 6.45) is 1.24. The Bertz CT molecular complexity index is 1180. The van der Waals surface area contributed by atoms with Crippen LogP contribution in [-0.2, 0) is 20.7 Å². The summed E-state index contributed by atoms with van der Waals surface area (Å²) in [6, 6.07) is 7.78. The van der Waals surface area contributed by atoms with E-state index in [1.807, 2.05) is 6.92 Å². The predicted molar refractivity (Wildman–Crippen MR) is 132 cm³/mol. The number of likely N-dealkylation sites (tertiary alicyclic amines) is 1. The highest BCUT2D eigenvalue weighted by molar-refractivity contribution is 6.46. The first-order valence-electron chi connectivity index (χ1n) is 11.7. The molecule has 1 saturated heterocycles. The molecule has 1 amide bonds. The maximum atomic E-state index is 13.3. The Balaban J connectivity index is 1.88. The first-order chi connectivity index (χ1) is 17.3. The van der Waals surface area contributed by atoms with Gasteiger partial charge < -0.3 is 33.7 Å². The van der Waals surface area contributed by atoms with E-state index < -0.39 is 17.7 Å². The normalized spacial score (nSPS) is 20.3. The Hall–Kier alpha value is -3.72. The molecule has 0 radical (unpaired) electrons. The molecule has 0 aliphatic carbocycles. The number of ether oxygens (including phenoxy) is 5. The molecular formula is C27H31NO8. The third-order valence-electron chi connectivity index (χ3n) is 6.46. The number of rotatable bonds is 9. The fraction of sp³-hybridized carbons (Fsp3) is 0.407. The van der Waals surface area contributed by atoms with Crippen molar-refractivity contribution >= 4 is 17.4 Å². The number of fused-ring (bicyclic) bond motifs is 1. The zero-order valence-corrected chi connectivity index (χ0v) is 21.1. The van der Waals surface area contributed by atoms with Crippen molar-refractivity contribution in [2.75, 3.05) is 41.6 Å². The van der Waals surface area contributed by atoms with Crippen LogP contribution in [0.2, 0.25) is 0 Å². The van der Waals surface area contributed by atoms with Crippen LogP contribution in [0.3, 0.4) is 0 Å². The van der Waals surface area contributed by atoms with Crippen LogP contribution in [0.15, 0.2) is 35.9 Å². The molecule has 1 fully saturated rings. The number of hydrogen-bond acceptors (Lipinski definition) is 8. The van der Waals surface area contributed by atoms with Gasteiger partial charge in [0.05, 0.1) is 32.9 Å². The summed E-state index contributed by atoms with van der Waals surface area (Å²) < 4.78 is 27.3. The number of methoxy groups -OCH3 is 4. The van der Waals surface area contributed by atoms with Gasteiger partial charge >= 0.3 is 0 Å². The second kappa shape index (κ2) is 10.5. The van der Waals surface area contributed by atoms with Gasteiger partial charge in [0.25, 0.3) is 11.7 Å². The van der Waals surface area contributed by atoms with E-state index in [9.17, 15) is 14.7 Å². The summed E-state index contributed by atoms with van der Waals surface area (Å²) in [4.78, 5) is 27.9. The van der Waals surface area contributed by atoms with E-state index in [1.54, 1.807) is 37.4 Å². The zero-order valence-electron chi connectivity index (χ0n) is 21.1. The molecule has 2 aromatic carbocycles. The van der Waals surface area contributed by atoms with Crippen molar-refractivity contribution in [3.8, 4) is 23.0 Å². The van der Waals surface area contributed by atoms with Crippen LogP contribution in [0.1, 0.15) is 36.1 Å². The largest absolute Gasteiger partial charge is 0.507 e. The second-order valence-electron chi connectivity index (χ2n) is 8.75. The summed E-state index contributed by atoms with van der Waals surface area (Å²) in [7, 11) is 6.05. The minimum atomic E-state index is -0.862. The maximum absolute atomic E-state index is 13.3. The number of hydrogen-bond donors (Lipinski definition) is 1. The number of ketones is 1. The van der Waals surface area contributed by atoms with E-state index in [4.69, 9.17) is 23.7 Å². The molecule has 9 heteroatoms. The number of nitrogens with zero attached hydrogens (tertiary/aromatic N) is 1. The summed E-state index contributed by atoms with van der Waals surface area (Å²) in [6.45, 7) is 2.63. The maximum Gasteiger partial charge on any atom is 0.295 e. The molecule has 2 aromatic rings. The number of amides is 1. The van der Waals surface area contributed by atoms with Gasteiger partial charge in [0, 0.05) is 32.2 Å². The molecule has 2 atom stereocenters. The molecule has 1 N–H and O–H groups in total. The minimum absolute atomic E-state index is 0.00129. The lowest BCUT2D eigenvalue weighted by Crippen LogP contribution is -2.31. The molecule has 9 nitrogen and oxygen atoms in total. The van der Waals surface area contributed by atoms with Gasteiger partial charge in [-0.05, 0) is 54.8 Å². The van der Waals surface area contributed by atoms with E-state index >= 15 is 0 Å². The van der Waals surface area contributed by atoms with E-state index in [1.165, 1.54) is 26.2 Å². The Morgan fingerprint density at radius 2 is 1.75 bits per heavy atom. The average molecular weight is 498 g/mol. The highest BCUT2D eigenvalue weighted by Gasteiger charge is 2.46. The fourth-order valence-corrected chi connectivity index (χ4v) is 4.82. The van der Waals surface area contributed by atoms with Crippen LogP contribution in [-0.4, -0.2) is 69.4 Å². The van der Waals surface area contributed by atoms with Gasteiger partial charge in [-0.1, -0.05) is 0 Å². The van der Waals surface area contributed by atoms with E-state index in [0.29, 0.717) is 47.8 Å². The molecule has 0 unspecified atom stereocenters. The van der Waals surface area contributed by atoms with Crippen LogP contribution in [0, 0.1) is 0 Å². The summed E-state index contributed by atoms with van der Waals surface area (Å²) in [5, 5.41) is 11.4. The number of Topliss-reactive ketones (excluding diaryl/α,β-unsaturated/α-hetero) is 1. The smallest absolute Gasteiger partial charge is 0.295 e. The Morgan fingerprint density at radius 1 is 1.06 bits per heavy atom. The lowest BCUT2D eigenvalue weighted by atomic mass is 9.94. The molecule has 0 spiro atoms. The molecule has 0 aromatic heterocycles. The van der Waals surface area contributed by atoms with Crippen LogP contribution in [0.25, 0.3) is 5.76 Å². The highest BCUT2D eigenvalue weighted by atomic mass is 16.5. The number of aliphatic hydroxyl groups excluding tert-OH is 1. The first-order valence-corrected chi connectivity index (χ1v) is 11.7. The third-order valence-corrected chi connectivity index (χ3v) is 6.46. The Morgan fingerprint density at radius 3 is 2.36 bits per heavy atom. The van der Waals surface area contributed by atoms with E-state index in [2.05, 4.69) is 0 Å². The SMILES string of the molecule is COCCCN1C(=O)C(=O)C(=C(O)c2ccc3c(c2)C[C@@H](C)O3)[C@H]1c1cc(OC)c(OC)c(OC)c1. The first kappa shape index (κ1) is 25.4. The van der Waals surface area contributed by atoms with Crippen molar-refractivity contribution in [3.05, 3.63) is 52.6 Å².